The van der Waals surface area contributed by atoms with Crippen molar-refractivity contribution < 1.29 is 9.32 Å². The number of hydrogen-bond donors (Lipinski definition) is 2. The SMILES string of the molecule is O=S1CCC(N[C@@H](CO)c2ccccc2)CC1. The number of nitrogens with one attached hydrogen (secondary N) is 1. The molecule has 17 heavy (non-hydrogen) atoms. The van der Waals surface area contributed by atoms with Crippen molar-refractivity contribution in [3.05, 3.63) is 35.9 Å². The monoisotopic (exact) mass is 253 g/mol. The number of hydrogen-bond acceptors (Lipinski definition) is 3. The van der Waals surface area contributed by atoms with Crippen molar-refractivity contribution in [3.63, 3.8) is 0 Å². The van der Waals surface area contributed by atoms with Crippen LogP contribution < -0.4 is 5.32 Å². The lowest BCUT2D eigenvalue weighted by molar-refractivity contribution is 0.230. The van der Waals surface area contributed by atoms with E-state index in [4.69, 9.17) is 0 Å². The van der Waals surface area contributed by atoms with Gasteiger partial charge in [-0.1, -0.05) is 30.3 Å². The van der Waals surface area contributed by atoms with E-state index in [1.807, 2.05) is 30.3 Å². The first kappa shape index (κ1) is 12.7. The lowest BCUT2D eigenvalue weighted by Crippen LogP contribution is -2.39. The Hall–Kier alpha value is -0.710. The normalized spacial score (nSPS) is 26.6. The van der Waals surface area contributed by atoms with Crippen molar-refractivity contribution in [2.75, 3.05) is 18.1 Å². The van der Waals surface area contributed by atoms with Crippen LogP contribution in [0.3, 0.4) is 0 Å². The summed E-state index contributed by atoms with van der Waals surface area (Å²) in [4.78, 5) is 0. The molecule has 0 bridgehead atoms. The minimum atomic E-state index is -0.625. The van der Waals surface area contributed by atoms with E-state index in [0.29, 0.717) is 6.04 Å². The second-order valence-corrected chi connectivity index (χ2v) is 6.13. The molecule has 1 aliphatic heterocycles. The van der Waals surface area contributed by atoms with Gasteiger partial charge in [-0.3, -0.25) is 4.21 Å². The van der Waals surface area contributed by atoms with E-state index in [2.05, 4.69) is 5.32 Å². The fraction of sp³-hybridized carbons (Fsp3) is 0.538. The third kappa shape index (κ3) is 3.63. The lowest BCUT2D eigenvalue weighted by Gasteiger charge is -2.27. The molecule has 0 aromatic heterocycles. The molecule has 1 fully saturated rings. The molecular formula is C13H19NO2S. The van der Waals surface area contributed by atoms with Crippen molar-refractivity contribution in [2.45, 2.75) is 24.9 Å². The fourth-order valence-electron chi connectivity index (χ4n) is 2.18. The molecule has 0 amide bonds. The summed E-state index contributed by atoms with van der Waals surface area (Å²) in [7, 11) is -0.625. The molecule has 0 spiro atoms. The van der Waals surface area contributed by atoms with Gasteiger partial charge >= 0.3 is 0 Å². The van der Waals surface area contributed by atoms with Crippen LogP contribution in [-0.2, 0) is 10.8 Å². The van der Waals surface area contributed by atoms with E-state index in [1.54, 1.807) is 0 Å². The standard InChI is InChI=1S/C13H19NO2S/c15-10-13(11-4-2-1-3-5-11)14-12-6-8-17(16)9-7-12/h1-5,12-15H,6-10H2/t12?,13-,17?/m0/s1. The van der Waals surface area contributed by atoms with Gasteiger partial charge in [0.2, 0.25) is 0 Å². The number of rotatable bonds is 4. The highest BCUT2D eigenvalue weighted by atomic mass is 32.2. The minimum Gasteiger partial charge on any atom is -0.394 e. The molecule has 0 saturated carbocycles. The Bertz CT molecular complexity index is 359. The highest BCUT2D eigenvalue weighted by Crippen LogP contribution is 2.17. The van der Waals surface area contributed by atoms with Crippen LogP contribution in [0, 0.1) is 0 Å². The average molecular weight is 253 g/mol. The second-order valence-electron chi connectivity index (χ2n) is 4.43. The molecule has 0 radical (unpaired) electrons. The number of aliphatic hydroxyl groups excluding tert-OH is 1. The molecule has 1 aromatic rings. The molecule has 1 aromatic carbocycles. The van der Waals surface area contributed by atoms with Crippen molar-refractivity contribution in [1.29, 1.82) is 0 Å². The Morgan fingerprint density at radius 1 is 1.29 bits per heavy atom. The van der Waals surface area contributed by atoms with E-state index in [9.17, 15) is 9.32 Å². The van der Waals surface area contributed by atoms with Gasteiger partial charge in [0.05, 0.1) is 12.6 Å². The highest BCUT2D eigenvalue weighted by molar-refractivity contribution is 7.85. The van der Waals surface area contributed by atoms with Crippen molar-refractivity contribution in [3.8, 4) is 0 Å². The first-order chi connectivity index (χ1) is 8.29. The third-order valence-corrected chi connectivity index (χ3v) is 4.59. The second kappa shape index (κ2) is 6.28. The molecule has 0 unspecified atom stereocenters. The van der Waals surface area contributed by atoms with Crippen LogP contribution in [-0.4, -0.2) is 33.5 Å². The van der Waals surface area contributed by atoms with Gasteiger partial charge in [-0.2, -0.15) is 0 Å². The van der Waals surface area contributed by atoms with E-state index < -0.39 is 10.8 Å². The smallest absolute Gasteiger partial charge is 0.0626 e. The first-order valence-corrected chi connectivity index (χ1v) is 7.55. The third-order valence-electron chi connectivity index (χ3n) is 3.21. The van der Waals surface area contributed by atoms with E-state index in [-0.39, 0.29) is 12.6 Å². The predicted molar refractivity (Wildman–Crippen MR) is 70.3 cm³/mol. The summed E-state index contributed by atoms with van der Waals surface area (Å²) in [5, 5.41) is 12.9. The first-order valence-electron chi connectivity index (χ1n) is 6.06. The highest BCUT2D eigenvalue weighted by Gasteiger charge is 2.21. The summed E-state index contributed by atoms with van der Waals surface area (Å²) in [6.45, 7) is 0.101. The Morgan fingerprint density at radius 2 is 1.94 bits per heavy atom. The quantitative estimate of drug-likeness (QED) is 0.848. The predicted octanol–water partition coefficient (Wildman–Crippen LogP) is 1.22. The van der Waals surface area contributed by atoms with E-state index in [1.165, 1.54) is 0 Å². The summed E-state index contributed by atoms with van der Waals surface area (Å²) in [5.74, 6) is 1.56. The molecular weight excluding hydrogens is 234 g/mol. The lowest BCUT2D eigenvalue weighted by atomic mass is 10.0. The number of benzene rings is 1. The van der Waals surface area contributed by atoms with Crippen LogP contribution in [0.15, 0.2) is 30.3 Å². The minimum absolute atomic E-state index is 0.00673. The van der Waals surface area contributed by atoms with Gasteiger partial charge in [0.25, 0.3) is 0 Å². The summed E-state index contributed by atoms with van der Waals surface area (Å²) in [6.07, 6.45) is 1.88. The van der Waals surface area contributed by atoms with Crippen LogP contribution >= 0.6 is 0 Å². The maximum absolute atomic E-state index is 11.3. The summed E-state index contributed by atoms with van der Waals surface area (Å²) < 4.78 is 11.3. The largest absolute Gasteiger partial charge is 0.394 e. The van der Waals surface area contributed by atoms with Crippen molar-refractivity contribution in [1.82, 2.24) is 5.32 Å². The van der Waals surface area contributed by atoms with Crippen LogP contribution in [0.25, 0.3) is 0 Å². The van der Waals surface area contributed by atoms with E-state index in [0.717, 1.165) is 29.9 Å². The maximum Gasteiger partial charge on any atom is 0.0626 e. The molecule has 2 N–H and O–H groups in total. The molecule has 4 heteroatoms. The zero-order valence-electron chi connectivity index (χ0n) is 9.84. The fourth-order valence-corrected chi connectivity index (χ4v) is 3.48. The molecule has 3 nitrogen and oxygen atoms in total. The molecule has 0 aliphatic carbocycles. The Balaban J connectivity index is 1.94. The summed E-state index contributed by atoms with van der Waals surface area (Å²) in [5.41, 5.74) is 1.11. The van der Waals surface area contributed by atoms with Crippen LogP contribution in [0.1, 0.15) is 24.4 Å². The van der Waals surface area contributed by atoms with Crippen molar-refractivity contribution in [2.24, 2.45) is 0 Å². The number of aliphatic hydroxyl groups is 1. The zero-order chi connectivity index (χ0) is 12.1. The van der Waals surface area contributed by atoms with Gasteiger partial charge in [-0.25, -0.2) is 0 Å². The summed E-state index contributed by atoms with van der Waals surface area (Å²) >= 11 is 0. The molecule has 2 rings (SSSR count). The van der Waals surface area contributed by atoms with Gasteiger partial charge in [0, 0.05) is 28.3 Å². The van der Waals surface area contributed by atoms with Crippen molar-refractivity contribution >= 4 is 10.8 Å². The van der Waals surface area contributed by atoms with Gasteiger partial charge in [-0.15, -0.1) is 0 Å². The Morgan fingerprint density at radius 3 is 2.53 bits per heavy atom. The average Bonchev–Trinajstić information content (AvgIpc) is 2.39. The van der Waals surface area contributed by atoms with Gasteiger partial charge in [0.15, 0.2) is 0 Å². The Labute approximate surface area is 105 Å². The van der Waals surface area contributed by atoms with Gasteiger partial charge in [0.1, 0.15) is 0 Å². The van der Waals surface area contributed by atoms with E-state index >= 15 is 0 Å². The van der Waals surface area contributed by atoms with Crippen LogP contribution in [0.5, 0.6) is 0 Å². The van der Waals surface area contributed by atoms with Crippen LogP contribution in [0.4, 0.5) is 0 Å². The van der Waals surface area contributed by atoms with Gasteiger partial charge in [-0.05, 0) is 18.4 Å². The summed E-state index contributed by atoms with van der Waals surface area (Å²) in [6, 6.07) is 10.4. The Kier molecular flexibility index (Phi) is 4.71. The topological polar surface area (TPSA) is 49.3 Å². The molecule has 1 heterocycles. The molecule has 1 aliphatic rings. The molecule has 94 valence electrons. The van der Waals surface area contributed by atoms with Gasteiger partial charge < -0.3 is 10.4 Å². The van der Waals surface area contributed by atoms with Crippen LogP contribution in [0.2, 0.25) is 0 Å². The molecule has 1 saturated heterocycles. The zero-order valence-corrected chi connectivity index (χ0v) is 10.7. The maximum atomic E-state index is 11.3. The molecule has 1 atom stereocenters.